The molecular formula is C34H44N4O2. The van der Waals surface area contributed by atoms with Crippen molar-refractivity contribution >= 4 is 17.3 Å². The number of aryl methyl sites for hydroxylation is 1. The number of nitrogens with two attached hydrogens (primary N) is 1. The smallest absolute Gasteiger partial charge is 0.224 e. The van der Waals surface area contributed by atoms with Gasteiger partial charge in [0.15, 0.2) is 5.84 Å². The number of anilines is 1. The first-order chi connectivity index (χ1) is 19.3. The maximum Gasteiger partial charge on any atom is 0.224 e. The molecule has 0 saturated carbocycles. The molecule has 40 heavy (non-hydrogen) atoms. The molecule has 0 atom stereocenters. The lowest BCUT2D eigenvalue weighted by Crippen LogP contribution is -2.35. The zero-order valence-corrected chi connectivity index (χ0v) is 24.6. The molecule has 6 nitrogen and oxygen atoms in total. The Bertz CT molecular complexity index is 1200. The van der Waals surface area contributed by atoms with E-state index in [1.165, 1.54) is 5.56 Å². The fourth-order valence-corrected chi connectivity index (χ4v) is 4.15. The van der Waals surface area contributed by atoms with Crippen LogP contribution >= 0.6 is 0 Å². The molecule has 0 aliphatic carbocycles. The van der Waals surface area contributed by atoms with Crippen LogP contribution in [0.3, 0.4) is 0 Å². The number of nitrogens with one attached hydrogen (secondary N) is 1. The summed E-state index contributed by atoms with van der Waals surface area (Å²) in [5.41, 5.74) is 15.2. The van der Waals surface area contributed by atoms with Gasteiger partial charge in [-0.15, -0.1) is 6.58 Å². The number of ketones is 1. The molecule has 1 heterocycles. The van der Waals surface area contributed by atoms with Crippen molar-refractivity contribution in [1.29, 1.82) is 0 Å². The summed E-state index contributed by atoms with van der Waals surface area (Å²) >= 11 is 0. The van der Waals surface area contributed by atoms with Gasteiger partial charge in [-0.05, 0) is 62.6 Å². The number of nitrogens with zero attached hydrogens (tertiary/aromatic N) is 2. The Kier molecular flexibility index (Phi) is 14.1. The molecule has 1 aliphatic heterocycles. The molecule has 0 bridgehead atoms. The summed E-state index contributed by atoms with van der Waals surface area (Å²) in [7, 11) is 3.62. The van der Waals surface area contributed by atoms with E-state index in [4.69, 9.17) is 10.6 Å². The predicted molar refractivity (Wildman–Crippen MR) is 168 cm³/mol. The predicted octanol–water partition coefficient (Wildman–Crippen LogP) is 6.77. The molecule has 212 valence electrons. The molecule has 3 aromatic carbocycles. The maximum absolute atomic E-state index is 12.9. The fraction of sp³-hybridized carbons (Fsp3) is 0.294. The molecule has 4 rings (SSSR count). The number of hydrogen-bond acceptors (Lipinski definition) is 5. The summed E-state index contributed by atoms with van der Waals surface area (Å²) in [6, 6.07) is 27.8. The molecule has 6 heteroatoms. The molecule has 3 N–H and O–H groups in total. The SMILES string of the molecule is C=CC.CC1=C(C(=O)C(N)=NC(c2ccccc2)c2ccccc2)CN(C)CC1.CCc1ccc(NOC)cc1. The van der Waals surface area contributed by atoms with E-state index in [0.717, 1.165) is 47.3 Å². The highest BCUT2D eigenvalue weighted by molar-refractivity contribution is 6.44. The molecule has 3 aromatic rings. The van der Waals surface area contributed by atoms with Crippen molar-refractivity contribution in [2.24, 2.45) is 10.7 Å². The number of hydrogen-bond donors (Lipinski definition) is 2. The van der Waals surface area contributed by atoms with Crippen molar-refractivity contribution in [2.75, 3.05) is 32.7 Å². The van der Waals surface area contributed by atoms with E-state index >= 15 is 0 Å². The van der Waals surface area contributed by atoms with Gasteiger partial charge in [0.05, 0.1) is 12.8 Å². The minimum Gasteiger partial charge on any atom is -0.381 e. The van der Waals surface area contributed by atoms with Gasteiger partial charge in [-0.1, -0.05) is 91.4 Å². The van der Waals surface area contributed by atoms with Gasteiger partial charge in [-0.3, -0.25) is 20.1 Å². The highest BCUT2D eigenvalue weighted by Gasteiger charge is 2.23. The first-order valence-electron chi connectivity index (χ1n) is 13.6. The molecule has 1 aliphatic rings. The van der Waals surface area contributed by atoms with Crippen molar-refractivity contribution in [1.82, 2.24) is 4.90 Å². The number of carbonyl (C=O) groups is 1. The number of likely N-dealkylation sites (N-methyl/N-ethyl adjacent to an activating group) is 1. The van der Waals surface area contributed by atoms with E-state index in [0.29, 0.717) is 6.54 Å². The Labute approximate surface area is 240 Å². The van der Waals surface area contributed by atoms with Gasteiger partial charge in [-0.2, -0.15) is 0 Å². The van der Waals surface area contributed by atoms with Crippen LogP contribution in [0, 0.1) is 0 Å². The fourth-order valence-electron chi connectivity index (χ4n) is 4.15. The lowest BCUT2D eigenvalue weighted by atomic mass is 9.96. The zero-order valence-electron chi connectivity index (χ0n) is 24.6. The number of rotatable bonds is 8. The van der Waals surface area contributed by atoms with Crippen molar-refractivity contribution in [3.63, 3.8) is 0 Å². The van der Waals surface area contributed by atoms with Gasteiger partial charge in [0.2, 0.25) is 5.78 Å². The normalized spacial score (nSPS) is 13.5. The maximum atomic E-state index is 12.9. The summed E-state index contributed by atoms with van der Waals surface area (Å²) in [5.74, 6) is -0.0710. The van der Waals surface area contributed by atoms with Crippen molar-refractivity contribution in [3.05, 3.63) is 125 Å². The number of aliphatic imine (C=N–C) groups is 1. The van der Waals surface area contributed by atoms with Crippen LogP contribution in [-0.4, -0.2) is 43.8 Å². The second-order valence-corrected chi connectivity index (χ2v) is 9.58. The van der Waals surface area contributed by atoms with Crippen molar-refractivity contribution in [3.8, 4) is 0 Å². The van der Waals surface area contributed by atoms with E-state index in [2.05, 4.69) is 41.0 Å². The van der Waals surface area contributed by atoms with Gasteiger partial charge in [0.25, 0.3) is 0 Å². The third-order valence-corrected chi connectivity index (χ3v) is 6.40. The van der Waals surface area contributed by atoms with Crippen LogP contribution in [0.1, 0.15) is 49.9 Å². The van der Waals surface area contributed by atoms with Crippen LogP contribution < -0.4 is 11.2 Å². The molecule has 0 radical (unpaired) electrons. The first kappa shape index (κ1) is 32.2. The van der Waals surface area contributed by atoms with Gasteiger partial charge in [0, 0.05) is 18.7 Å². The molecule has 0 saturated heterocycles. The highest BCUT2D eigenvalue weighted by atomic mass is 16.6. The zero-order chi connectivity index (χ0) is 29.3. The van der Waals surface area contributed by atoms with Gasteiger partial charge in [0.1, 0.15) is 6.04 Å². The average Bonchev–Trinajstić information content (AvgIpc) is 2.99. The lowest BCUT2D eigenvalue weighted by molar-refractivity contribution is -0.110. The van der Waals surface area contributed by atoms with Gasteiger partial charge >= 0.3 is 0 Å². The van der Waals surface area contributed by atoms with Crippen LogP contribution in [0.15, 0.2) is 114 Å². The number of benzene rings is 3. The van der Waals surface area contributed by atoms with Crippen LogP contribution in [0.2, 0.25) is 0 Å². The Morgan fingerprint density at radius 2 is 1.57 bits per heavy atom. The van der Waals surface area contributed by atoms with E-state index in [9.17, 15) is 4.79 Å². The van der Waals surface area contributed by atoms with Crippen LogP contribution in [0.5, 0.6) is 0 Å². The van der Waals surface area contributed by atoms with Gasteiger partial charge in [-0.25, -0.2) is 0 Å². The standard InChI is InChI=1S/C22H25N3O.C9H13NO.C3H6/c1-16-13-14-25(2)15-19(16)21(26)22(23)24-20(17-9-5-3-6-10-17)18-11-7-4-8-12-18;1-3-8-4-6-9(7-5-8)10-11-2;1-3-2/h3-12,20H,13-15H2,1-2H3,(H2,23,24);4-7,10H,3H2,1-2H3;3H,1H2,2H3. The summed E-state index contributed by atoms with van der Waals surface area (Å²) in [6.07, 6.45) is 3.72. The first-order valence-corrected chi connectivity index (χ1v) is 13.6. The minimum atomic E-state index is -0.288. The van der Waals surface area contributed by atoms with Crippen molar-refractivity contribution < 1.29 is 9.63 Å². The van der Waals surface area contributed by atoms with Gasteiger partial charge < -0.3 is 10.6 Å². The van der Waals surface area contributed by atoms with Crippen LogP contribution in [0.25, 0.3) is 0 Å². The number of amidine groups is 1. The van der Waals surface area contributed by atoms with Crippen molar-refractivity contribution in [2.45, 2.75) is 39.7 Å². The number of carbonyl (C=O) groups excluding carboxylic acids is 1. The van der Waals surface area contributed by atoms with Crippen LogP contribution in [-0.2, 0) is 16.1 Å². The van der Waals surface area contributed by atoms with E-state index < -0.39 is 0 Å². The largest absolute Gasteiger partial charge is 0.381 e. The Balaban J connectivity index is 0.000000333. The molecule has 0 aromatic heterocycles. The van der Waals surface area contributed by atoms with E-state index in [-0.39, 0.29) is 17.7 Å². The van der Waals surface area contributed by atoms with E-state index in [1.54, 1.807) is 13.2 Å². The number of allylic oxidation sites excluding steroid dienone is 1. The number of Topliss-reactive ketones (excluding diaryl/α,β-unsaturated/α-hetero) is 1. The Hall–Kier alpha value is -4.00. The molecular weight excluding hydrogens is 496 g/mol. The topological polar surface area (TPSA) is 80.0 Å². The lowest BCUT2D eigenvalue weighted by Gasteiger charge is -2.25. The van der Waals surface area contributed by atoms with E-state index in [1.807, 2.05) is 93.7 Å². The molecule has 0 unspecified atom stereocenters. The second kappa shape index (κ2) is 17.6. The van der Waals surface area contributed by atoms with Crippen LogP contribution in [0.4, 0.5) is 5.69 Å². The minimum absolute atomic E-state index is 0.0763. The monoisotopic (exact) mass is 540 g/mol. The quantitative estimate of drug-likeness (QED) is 0.143. The third-order valence-electron chi connectivity index (χ3n) is 6.40. The molecule has 0 amide bonds. The summed E-state index contributed by atoms with van der Waals surface area (Å²) in [6.45, 7) is 11.0. The summed E-state index contributed by atoms with van der Waals surface area (Å²) in [5, 5.41) is 0. The summed E-state index contributed by atoms with van der Waals surface area (Å²) < 4.78 is 0. The Morgan fingerprint density at radius 1 is 1.05 bits per heavy atom. The average molecular weight is 541 g/mol. The Morgan fingerprint density at radius 3 is 2.05 bits per heavy atom. The molecule has 0 spiro atoms. The molecule has 0 fully saturated rings. The second-order valence-electron chi connectivity index (χ2n) is 9.58. The third kappa shape index (κ3) is 10.3. The highest BCUT2D eigenvalue weighted by Crippen LogP contribution is 2.26. The summed E-state index contributed by atoms with van der Waals surface area (Å²) in [4.78, 5) is 24.4.